The number of halogens is 1. The molecule has 0 fully saturated rings. The third kappa shape index (κ3) is 4.99. The fourth-order valence-electron chi connectivity index (χ4n) is 2.16. The third-order valence-electron chi connectivity index (χ3n) is 3.13. The number of nitrogens with one attached hydrogen (secondary N) is 2. The summed E-state index contributed by atoms with van der Waals surface area (Å²) in [7, 11) is -1.08. The molecular formula is C17H17FN2O3S. The van der Waals surface area contributed by atoms with Gasteiger partial charge in [0.15, 0.2) is 0 Å². The van der Waals surface area contributed by atoms with Crippen molar-refractivity contribution in [1.82, 2.24) is 0 Å². The predicted molar refractivity (Wildman–Crippen MR) is 92.6 cm³/mol. The molecule has 2 aromatic carbocycles. The van der Waals surface area contributed by atoms with Crippen molar-refractivity contribution in [3.63, 3.8) is 0 Å². The molecule has 0 radical (unpaired) electrons. The molecule has 0 bridgehead atoms. The van der Waals surface area contributed by atoms with Gasteiger partial charge in [0.05, 0.1) is 5.75 Å². The van der Waals surface area contributed by atoms with E-state index in [1.807, 2.05) is 0 Å². The van der Waals surface area contributed by atoms with E-state index in [0.29, 0.717) is 16.8 Å². The van der Waals surface area contributed by atoms with Crippen molar-refractivity contribution < 1.29 is 18.2 Å². The standard InChI is InChI=1S/C17H17FN2O3S/c1-11-7-13(18)9-14(8-11)19-16(21)17(22)20-15-6-4-3-5-12(15)10-24(2)23/h3-9H,10H2,1-2H3,(H,19,21)(H,20,22)/t24-/m0/s1. The van der Waals surface area contributed by atoms with Crippen LogP contribution in [0.25, 0.3) is 0 Å². The van der Waals surface area contributed by atoms with Crippen LogP contribution in [0.1, 0.15) is 11.1 Å². The van der Waals surface area contributed by atoms with E-state index in [1.165, 1.54) is 6.07 Å². The lowest BCUT2D eigenvalue weighted by molar-refractivity contribution is -0.133. The molecule has 2 rings (SSSR count). The Bertz CT molecular complexity index is 788. The molecule has 2 aromatic rings. The molecule has 0 aliphatic carbocycles. The Morgan fingerprint density at radius 1 is 1.08 bits per heavy atom. The fourth-order valence-corrected chi connectivity index (χ4v) is 2.85. The Hall–Kier alpha value is -2.54. The first kappa shape index (κ1) is 17.8. The van der Waals surface area contributed by atoms with Crippen LogP contribution < -0.4 is 10.6 Å². The van der Waals surface area contributed by atoms with Crippen LogP contribution in [-0.4, -0.2) is 22.3 Å². The Morgan fingerprint density at radius 2 is 1.75 bits per heavy atom. The van der Waals surface area contributed by atoms with Gasteiger partial charge in [0, 0.05) is 28.4 Å². The highest BCUT2D eigenvalue weighted by atomic mass is 32.2. The topological polar surface area (TPSA) is 75.3 Å². The van der Waals surface area contributed by atoms with E-state index in [1.54, 1.807) is 43.5 Å². The van der Waals surface area contributed by atoms with Gasteiger partial charge in [-0.05, 0) is 42.3 Å². The maximum atomic E-state index is 13.3. The van der Waals surface area contributed by atoms with Crippen molar-refractivity contribution in [2.45, 2.75) is 12.7 Å². The smallest absolute Gasteiger partial charge is 0.314 e. The summed E-state index contributed by atoms with van der Waals surface area (Å²) in [5.74, 6) is -2.03. The van der Waals surface area contributed by atoms with Gasteiger partial charge in [-0.3, -0.25) is 13.8 Å². The molecule has 126 valence electrons. The third-order valence-corrected chi connectivity index (χ3v) is 3.85. The van der Waals surface area contributed by atoms with Crippen LogP contribution in [0.3, 0.4) is 0 Å². The van der Waals surface area contributed by atoms with Gasteiger partial charge < -0.3 is 10.6 Å². The summed E-state index contributed by atoms with van der Waals surface area (Å²) in [6, 6.07) is 10.8. The number of benzene rings is 2. The van der Waals surface area contributed by atoms with Gasteiger partial charge in [0.2, 0.25) is 0 Å². The summed E-state index contributed by atoms with van der Waals surface area (Å²) in [6.07, 6.45) is 1.55. The van der Waals surface area contributed by atoms with Crippen LogP contribution in [-0.2, 0) is 26.1 Å². The van der Waals surface area contributed by atoms with E-state index in [9.17, 15) is 18.2 Å². The van der Waals surface area contributed by atoms with E-state index in [0.717, 1.165) is 6.07 Å². The number of aryl methyl sites for hydroxylation is 1. The highest BCUT2D eigenvalue weighted by Gasteiger charge is 2.16. The zero-order valence-electron chi connectivity index (χ0n) is 13.3. The van der Waals surface area contributed by atoms with Crippen LogP contribution in [0.5, 0.6) is 0 Å². The molecule has 7 heteroatoms. The van der Waals surface area contributed by atoms with Crippen molar-refractivity contribution in [3.05, 3.63) is 59.4 Å². The van der Waals surface area contributed by atoms with Crippen molar-refractivity contribution in [3.8, 4) is 0 Å². The molecule has 0 saturated heterocycles. The van der Waals surface area contributed by atoms with Crippen LogP contribution in [0.15, 0.2) is 42.5 Å². The van der Waals surface area contributed by atoms with Gasteiger partial charge in [-0.1, -0.05) is 18.2 Å². The molecule has 0 heterocycles. The molecule has 0 aliphatic heterocycles. The Balaban J connectivity index is 2.09. The minimum absolute atomic E-state index is 0.204. The summed E-state index contributed by atoms with van der Waals surface area (Å²) in [4.78, 5) is 24.0. The highest BCUT2D eigenvalue weighted by Crippen LogP contribution is 2.17. The van der Waals surface area contributed by atoms with E-state index in [2.05, 4.69) is 10.6 Å². The number of carbonyl (C=O) groups excluding carboxylic acids is 2. The van der Waals surface area contributed by atoms with Crippen LogP contribution in [0, 0.1) is 12.7 Å². The Kier molecular flexibility index (Phi) is 5.81. The van der Waals surface area contributed by atoms with E-state index < -0.39 is 28.4 Å². The van der Waals surface area contributed by atoms with Crippen LogP contribution >= 0.6 is 0 Å². The number of para-hydroxylation sites is 1. The summed E-state index contributed by atoms with van der Waals surface area (Å²) >= 11 is 0. The highest BCUT2D eigenvalue weighted by molar-refractivity contribution is 7.83. The average molecular weight is 348 g/mol. The van der Waals surface area contributed by atoms with Gasteiger partial charge in [-0.2, -0.15) is 0 Å². The number of hydrogen-bond acceptors (Lipinski definition) is 3. The zero-order valence-corrected chi connectivity index (χ0v) is 14.1. The molecule has 0 spiro atoms. The molecular weight excluding hydrogens is 331 g/mol. The van der Waals surface area contributed by atoms with Gasteiger partial charge in [-0.25, -0.2) is 4.39 Å². The van der Waals surface area contributed by atoms with Crippen molar-refractivity contribution in [1.29, 1.82) is 0 Å². The van der Waals surface area contributed by atoms with Crippen LogP contribution in [0.4, 0.5) is 15.8 Å². The maximum Gasteiger partial charge on any atom is 0.314 e. The monoisotopic (exact) mass is 348 g/mol. The summed E-state index contributed by atoms with van der Waals surface area (Å²) in [5.41, 5.74) is 1.92. The molecule has 24 heavy (non-hydrogen) atoms. The van der Waals surface area contributed by atoms with Gasteiger partial charge in [0.1, 0.15) is 5.82 Å². The van der Waals surface area contributed by atoms with Gasteiger partial charge >= 0.3 is 11.8 Å². The first-order valence-electron chi connectivity index (χ1n) is 7.12. The van der Waals surface area contributed by atoms with Crippen LogP contribution in [0.2, 0.25) is 0 Å². The SMILES string of the molecule is Cc1cc(F)cc(NC(=O)C(=O)Nc2ccccc2C[S@](C)=O)c1. The molecule has 0 unspecified atom stereocenters. The van der Waals surface area contributed by atoms with E-state index >= 15 is 0 Å². The predicted octanol–water partition coefficient (Wildman–Crippen LogP) is 2.59. The van der Waals surface area contributed by atoms with Gasteiger partial charge in [0.25, 0.3) is 0 Å². The lowest BCUT2D eigenvalue weighted by atomic mass is 10.2. The minimum Gasteiger partial charge on any atom is -0.318 e. The quantitative estimate of drug-likeness (QED) is 0.834. The molecule has 0 aromatic heterocycles. The Labute approximate surface area is 141 Å². The zero-order chi connectivity index (χ0) is 17.7. The first-order valence-corrected chi connectivity index (χ1v) is 8.85. The second-order valence-corrected chi connectivity index (χ2v) is 6.74. The average Bonchev–Trinajstić information content (AvgIpc) is 2.47. The number of anilines is 2. The molecule has 5 nitrogen and oxygen atoms in total. The van der Waals surface area contributed by atoms with Crippen molar-refractivity contribution >= 4 is 34.0 Å². The van der Waals surface area contributed by atoms with E-state index in [-0.39, 0.29) is 11.4 Å². The lowest BCUT2D eigenvalue weighted by Gasteiger charge is -2.10. The first-order chi connectivity index (χ1) is 11.3. The molecule has 0 saturated carbocycles. The molecule has 1 atom stereocenters. The number of carbonyl (C=O) groups is 2. The van der Waals surface area contributed by atoms with Crippen molar-refractivity contribution in [2.75, 3.05) is 16.9 Å². The second kappa shape index (κ2) is 7.83. The largest absolute Gasteiger partial charge is 0.318 e. The summed E-state index contributed by atoms with van der Waals surface area (Å²) in [6.45, 7) is 1.68. The number of rotatable bonds is 4. The normalized spacial score (nSPS) is 11.6. The minimum atomic E-state index is -1.08. The molecule has 2 N–H and O–H groups in total. The maximum absolute atomic E-state index is 13.3. The fraction of sp³-hybridized carbons (Fsp3) is 0.176. The number of hydrogen-bond donors (Lipinski definition) is 2. The Morgan fingerprint density at radius 3 is 2.42 bits per heavy atom. The summed E-state index contributed by atoms with van der Waals surface area (Å²) in [5, 5.41) is 4.84. The summed E-state index contributed by atoms with van der Waals surface area (Å²) < 4.78 is 24.7. The second-order valence-electron chi connectivity index (χ2n) is 5.30. The lowest BCUT2D eigenvalue weighted by Crippen LogP contribution is -2.29. The molecule has 2 amide bonds. The number of amides is 2. The molecule has 0 aliphatic rings. The van der Waals surface area contributed by atoms with Gasteiger partial charge in [-0.15, -0.1) is 0 Å². The van der Waals surface area contributed by atoms with E-state index in [4.69, 9.17) is 0 Å². The van der Waals surface area contributed by atoms with Crippen molar-refractivity contribution in [2.24, 2.45) is 0 Å².